The fourth-order valence-electron chi connectivity index (χ4n) is 1.57. The number of hydrogen-bond donors (Lipinski definition) is 0. The smallest absolute Gasteiger partial charge is 0.198 e. The molecule has 92 valence electrons. The van der Waals surface area contributed by atoms with Crippen LogP contribution in [0, 0.1) is 13.8 Å². The molecule has 0 aliphatic rings. The van der Waals surface area contributed by atoms with Crippen LogP contribution in [-0.4, -0.2) is 34.3 Å². The summed E-state index contributed by atoms with van der Waals surface area (Å²) in [6.07, 6.45) is 1.15. The van der Waals surface area contributed by atoms with Crippen molar-refractivity contribution in [2.45, 2.75) is 19.6 Å². The summed E-state index contributed by atoms with van der Waals surface area (Å²) in [5.74, 6) is 0.182. The van der Waals surface area contributed by atoms with Crippen LogP contribution < -0.4 is 0 Å². The second-order valence-electron chi connectivity index (χ2n) is 3.92. The van der Waals surface area contributed by atoms with Gasteiger partial charge in [0.05, 0.1) is 5.69 Å². The number of rotatable bonds is 2. The van der Waals surface area contributed by atoms with Crippen LogP contribution in [-0.2, 0) is 15.6 Å². The van der Waals surface area contributed by atoms with Crippen LogP contribution >= 0.6 is 11.6 Å². The van der Waals surface area contributed by atoms with Gasteiger partial charge >= 0.3 is 0 Å². The van der Waals surface area contributed by atoms with E-state index < -0.39 is 9.84 Å². The zero-order valence-electron chi connectivity index (χ0n) is 9.60. The van der Waals surface area contributed by atoms with Crippen molar-refractivity contribution in [1.29, 1.82) is 0 Å². The van der Waals surface area contributed by atoms with E-state index in [0.29, 0.717) is 11.5 Å². The lowest BCUT2D eigenvalue weighted by Gasteiger charge is -2.06. The van der Waals surface area contributed by atoms with Crippen molar-refractivity contribution in [2.24, 2.45) is 0 Å². The molecule has 0 N–H and O–H groups in total. The van der Waals surface area contributed by atoms with Crippen LogP contribution in [0.2, 0.25) is 5.15 Å². The van der Waals surface area contributed by atoms with Gasteiger partial charge in [0, 0.05) is 11.9 Å². The summed E-state index contributed by atoms with van der Waals surface area (Å²) < 4.78 is 24.2. The zero-order valence-corrected chi connectivity index (χ0v) is 11.2. The third-order valence-corrected chi connectivity index (χ3v) is 3.47. The monoisotopic (exact) mass is 274 g/mol. The van der Waals surface area contributed by atoms with Crippen LogP contribution in [0.1, 0.15) is 17.2 Å². The van der Waals surface area contributed by atoms with Gasteiger partial charge in [0.2, 0.25) is 0 Å². The van der Waals surface area contributed by atoms with Crippen LogP contribution in [0.15, 0.2) is 0 Å². The molecule has 17 heavy (non-hydrogen) atoms. The molecular formula is C9H11ClN4O2S. The maximum atomic E-state index is 11.3. The van der Waals surface area contributed by atoms with Gasteiger partial charge in [0.1, 0.15) is 5.75 Å². The third-order valence-electron chi connectivity index (χ3n) is 2.43. The summed E-state index contributed by atoms with van der Waals surface area (Å²) in [5.41, 5.74) is 1.89. The fourth-order valence-corrected chi connectivity index (χ4v) is 2.48. The highest BCUT2D eigenvalue weighted by molar-refractivity contribution is 7.89. The van der Waals surface area contributed by atoms with Crippen LogP contribution in [0.4, 0.5) is 0 Å². The molecule has 2 aromatic heterocycles. The Morgan fingerprint density at radius 3 is 2.53 bits per heavy atom. The number of aryl methyl sites for hydroxylation is 2. The van der Waals surface area contributed by atoms with E-state index in [-0.39, 0.29) is 10.9 Å². The quantitative estimate of drug-likeness (QED) is 0.814. The van der Waals surface area contributed by atoms with Gasteiger partial charge in [-0.25, -0.2) is 13.4 Å². The van der Waals surface area contributed by atoms with E-state index >= 15 is 0 Å². The average molecular weight is 275 g/mol. The first-order chi connectivity index (χ1) is 7.79. The van der Waals surface area contributed by atoms with Gasteiger partial charge in [-0.2, -0.15) is 0 Å². The second kappa shape index (κ2) is 3.92. The SMILES string of the molecule is Cc1nc(Cl)c2nnc(CS(C)(=O)=O)n2c1C. The lowest BCUT2D eigenvalue weighted by molar-refractivity contribution is 0.599. The van der Waals surface area contributed by atoms with Crippen molar-refractivity contribution < 1.29 is 8.42 Å². The summed E-state index contributed by atoms with van der Waals surface area (Å²) in [6, 6.07) is 0. The largest absolute Gasteiger partial charge is 0.278 e. The number of aromatic nitrogens is 4. The molecule has 8 heteroatoms. The first-order valence-corrected chi connectivity index (χ1v) is 7.28. The maximum absolute atomic E-state index is 11.3. The van der Waals surface area contributed by atoms with Crippen LogP contribution in [0.5, 0.6) is 0 Å². The Labute approximate surface area is 104 Å². The Hall–Kier alpha value is -1.21. The van der Waals surface area contributed by atoms with E-state index in [1.807, 2.05) is 6.92 Å². The summed E-state index contributed by atoms with van der Waals surface area (Å²) in [7, 11) is -3.17. The highest BCUT2D eigenvalue weighted by atomic mass is 35.5. The molecule has 0 aromatic carbocycles. The lowest BCUT2D eigenvalue weighted by Crippen LogP contribution is -2.08. The Kier molecular flexibility index (Phi) is 2.82. The first-order valence-electron chi connectivity index (χ1n) is 4.84. The predicted molar refractivity (Wildman–Crippen MR) is 63.8 cm³/mol. The predicted octanol–water partition coefficient (Wildman–Crippen LogP) is 0.939. The van der Waals surface area contributed by atoms with Gasteiger partial charge in [0.25, 0.3) is 0 Å². The number of sulfone groups is 1. The molecule has 0 fully saturated rings. The second-order valence-corrected chi connectivity index (χ2v) is 6.42. The number of nitrogens with zero attached hydrogens (tertiary/aromatic N) is 4. The molecule has 0 unspecified atom stereocenters. The summed E-state index contributed by atoms with van der Waals surface area (Å²) in [4.78, 5) is 4.10. The molecular weight excluding hydrogens is 264 g/mol. The fraction of sp³-hybridized carbons (Fsp3) is 0.444. The van der Waals surface area contributed by atoms with Crippen molar-refractivity contribution in [1.82, 2.24) is 19.6 Å². The van der Waals surface area contributed by atoms with Crippen LogP contribution in [0.25, 0.3) is 5.65 Å². The lowest BCUT2D eigenvalue weighted by atomic mass is 10.3. The molecule has 0 saturated carbocycles. The number of halogens is 1. The first kappa shape index (κ1) is 12.3. The molecule has 0 atom stereocenters. The highest BCUT2D eigenvalue weighted by Gasteiger charge is 2.17. The minimum absolute atomic E-state index is 0.172. The van der Waals surface area contributed by atoms with E-state index in [4.69, 9.17) is 11.6 Å². The van der Waals surface area contributed by atoms with Crippen molar-refractivity contribution >= 4 is 27.1 Å². The molecule has 0 amide bonds. The molecule has 2 heterocycles. The molecule has 2 aromatic rings. The van der Waals surface area contributed by atoms with Crippen molar-refractivity contribution in [2.75, 3.05) is 6.26 Å². The molecule has 0 aliphatic heterocycles. The van der Waals surface area contributed by atoms with Gasteiger partial charge in [-0.1, -0.05) is 11.6 Å². The van der Waals surface area contributed by atoms with Crippen LogP contribution in [0.3, 0.4) is 0 Å². The topological polar surface area (TPSA) is 77.2 Å². The normalized spacial score (nSPS) is 12.2. The Morgan fingerprint density at radius 2 is 1.94 bits per heavy atom. The highest BCUT2D eigenvalue weighted by Crippen LogP contribution is 2.18. The van der Waals surface area contributed by atoms with Gasteiger partial charge in [-0.3, -0.25) is 4.40 Å². The van der Waals surface area contributed by atoms with Crippen molar-refractivity contribution in [3.63, 3.8) is 0 Å². The molecule has 0 radical (unpaired) electrons. The van der Waals surface area contributed by atoms with Crippen molar-refractivity contribution in [3.8, 4) is 0 Å². The summed E-state index contributed by atoms with van der Waals surface area (Å²) in [5, 5.41) is 7.93. The van der Waals surface area contributed by atoms with E-state index in [1.54, 1.807) is 11.3 Å². The van der Waals surface area contributed by atoms with Gasteiger partial charge in [-0.05, 0) is 13.8 Å². The molecule has 0 spiro atoms. The van der Waals surface area contributed by atoms with Gasteiger partial charge in [0.15, 0.2) is 26.5 Å². The van der Waals surface area contributed by atoms with E-state index in [0.717, 1.165) is 17.6 Å². The van der Waals surface area contributed by atoms with E-state index in [9.17, 15) is 8.42 Å². The number of hydrogen-bond acceptors (Lipinski definition) is 5. The van der Waals surface area contributed by atoms with Gasteiger partial charge < -0.3 is 0 Å². The molecule has 0 bridgehead atoms. The van der Waals surface area contributed by atoms with Crippen molar-refractivity contribution in [3.05, 3.63) is 22.4 Å². The molecule has 0 saturated heterocycles. The summed E-state index contributed by atoms with van der Waals surface area (Å²) >= 11 is 5.93. The maximum Gasteiger partial charge on any atom is 0.198 e. The Balaban J connectivity index is 2.75. The minimum Gasteiger partial charge on any atom is -0.278 e. The third kappa shape index (κ3) is 2.25. The Bertz CT molecular complexity index is 693. The molecule has 0 aliphatic carbocycles. The average Bonchev–Trinajstić information content (AvgIpc) is 2.56. The van der Waals surface area contributed by atoms with E-state index in [2.05, 4.69) is 15.2 Å². The zero-order chi connectivity index (χ0) is 12.8. The standard InChI is InChI=1S/C9H11ClN4O2S/c1-5-6(2)14-7(4-17(3,15)16)12-13-9(14)8(10)11-5/h4H2,1-3H3. The summed E-state index contributed by atoms with van der Waals surface area (Å²) in [6.45, 7) is 3.62. The molecule has 2 rings (SSSR count). The number of fused-ring (bicyclic) bond motifs is 1. The minimum atomic E-state index is -3.17. The Morgan fingerprint density at radius 1 is 1.29 bits per heavy atom. The molecule has 6 nitrogen and oxygen atoms in total. The van der Waals surface area contributed by atoms with Gasteiger partial charge in [-0.15, -0.1) is 10.2 Å². The van der Waals surface area contributed by atoms with E-state index in [1.165, 1.54) is 0 Å².